The molecule has 0 radical (unpaired) electrons. The summed E-state index contributed by atoms with van der Waals surface area (Å²) >= 11 is 0. The Morgan fingerprint density at radius 2 is 1.82 bits per heavy atom. The molecule has 3 rings (SSSR count). The first-order valence-corrected chi connectivity index (χ1v) is 6.79. The van der Waals surface area contributed by atoms with Crippen molar-refractivity contribution in [3.05, 3.63) is 60.2 Å². The summed E-state index contributed by atoms with van der Waals surface area (Å²) in [5, 5.41) is 0. The van der Waals surface area contributed by atoms with E-state index in [2.05, 4.69) is 9.97 Å². The summed E-state index contributed by atoms with van der Waals surface area (Å²) in [6.07, 6.45) is 3.24. The number of benzene rings is 1. The second-order valence-corrected chi connectivity index (χ2v) is 5.08. The zero-order valence-electron chi connectivity index (χ0n) is 12.0. The first-order chi connectivity index (χ1) is 10.6. The third-order valence-corrected chi connectivity index (χ3v) is 3.45. The SMILES string of the molecule is Cc1ccc(-c2ncccc2-c2cnc(N)c(N)c2)c(F)c1. The molecular formula is C17H15FN4. The van der Waals surface area contributed by atoms with Crippen molar-refractivity contribution in [3.63, 3.8) is 0 Å². The maximum Gasteiger partial charge on any atom is 0.146 e. The number of nitrogens with two attached hydrogens (primary N) is 2. The molecule has 0 spiro atoms. The highest BCUT2D eigenvalue weighted by atomic mass is 19.1. The minimum Gasteiger partial charge on any atom is -0.396 e. The lowest BCUT2D eigenvalue weighted by molar-refractivity contribution is 0.629. The standard InChI is InChI=1S/C17H15FN4/c1-10-4-5-13(14(18)7-10)16-12(3-2-6-21-16)11-8-15(19)17(20)22-9-11/h2-9H,19H2,1H3,(H2,20,22). The van der Waals surface area contributed by atoms with E-state index in [1.165, 1.54) is 6.07 Å². The van der Waals surface area contributed by atoms with Crippen LogP contribution in [0.2, 0.25) is 0 Å². The van der Waals surface area contributed by atoms with Gasteiger partial charge in [0.1, 0.15) is 11.6 Å². The number of hydrogen-bond acceptors (Lipinski definition) is 4. The molecule has 2 heterocycles. The second kappa shape index (κ2) is 5.44. The van der Waals surface area contributed by atoms with Gasteiger partial charge in [0.2, 0.25) is 0 Å². The summed E-state index contributed by atoms with van der Waals surface area (Å²) in [7, 11) is 0. The smallest absolute Gasteiger partial charge is 0.146 e. The molecule has 22 heavy (non-hydrogen) atoms. The van der Waals surface area contributed by atoms with Gasteiger partial charge >= 0.3 is 0 Å². The van der Waals surface area contributed by atoms with E-state index in [0.29, 0.717) is 16.9 Å². The number of nitrogens with zero attached hydrogens (tertiary/aromatic N) is 2. The topological polar surface area (TPSA) is 77.8 Å². The normalized spacial score (nSPS) is 10.6. The van der Waals surface area contributed by atoms with Crippen molar-refractivity contribution < 1.29 is 4.39 Å². The number of anilines is 2. The molecule has 0 atom stereocenters. The average Bonchev–Trinajstić information content (AvgIpc) is 2.50. The molecule has 5 heteroatoms. The molecule has 0 fully saturated rings. The summed E-state index contributed by atoms with van der Waals surface area (Å²) in [5.74, 6) is -0.0352. The van der Waals surface area contributed by atoms with Gasteiger partial charge < -0.3 is 11.5 Å². The van der Waals surface area contributed by atoms with E-state index in [9.17, 15) is 4.39 Å². The van der Waals surface area contributed by atoms with Crippen LogP contribution in [0, 0.1) is 12.7 Å². The fourth-order valence-corrected chi connectivity index (χ4v) is 2.30. The van der Waals surface area contributed by atoms with Gasteiger partial charge in [0.25, 0.3) is 0 Å². The maximum absolute atomic E-state index is 14.3. The molecule has 4 nitrogen and oxygen atoms in total. The molecule has 0 unspecified atom stereocenters. The van der Waals surface area contributed by atoms with Gasteiger partial charge in [0.05, 0.1) is 11.4 Å². The third kappa shape index (κ3) is 2.48. The van der Waals surface area contributed by atoms with Crippen LogP contribution in [-0.2, 0) is 0 Å². The van der Waals surface area contributed by atoms with E-state index >= 15 is 0 Å². The molecule has 0 saturated heterocycles. The molecule has 1 aromatic carbocycles. The van der Waals surface area contributed by atoms with Crippen LogP contribution in [0.3, 0.4) is 0 Å². The van der Waals surface area contributed by atoms with Gasteiger partial charge in [-0.05, 0) is 36.8 Å². The van der Waals surface area contributed by atoms with Gasteiger partial charge in [-0.1, -0.05) is 12.1 Å². The Labute approximate surface area is 127 Å². The van der Waals surface area contributed by atoms with E-state index in [1.807, 2.05) is 19.1 Å². The van der Waals surface area contributed by atoms with E-state index in [4.69, 9.17) is 11.5 Å². The minimum absolute atomic E-state index is 0.274. The molecule has 0 aliphatic heterocycles. The Bertz CT molecular complexity index is 846. The highest BCUT2D eigenvalue weighted by Crippen LogP contribution is 2.33. The second-order valence-electron chi connectivity index (χ2n) is 5.08. The van der Waals surface area contributed by atoms with Gasteiger partial charge in [-0.2, -0.15) is 0 Å². The van der Waals surface area contributed by atoms with E-state index in [1.54, 1.807) is 30.6 Å². The lowest BCUT2D eigenvalue weighted by atomic mass is 9.99. The third-order valence-electron chi connectivity index (χ3n) is 3.45. The van der Waals surface area contributed by atoms with Crippen LogP contribution in [0.15, 0.2) is 48.8 Å². The lowest BCUT2D eigenvalue weighted by Crippen LogP contribution is -1.99. The van der Waals surface area contributed by atoms with Crippen molar-refractivity contribution in [1.82, 2.24) is 9.97 Å². The van der Waals surface area contributed by atoms with Crippen molar-refractivity contribution >= 4 is 11.5 Å². The first kappa shape index (κ1) is 14.0. The molecule has 0 aliphatic carbocycles. The number of hydrogen-bond donors (Lipinski definition) is 2. The van der Waals surface area contributed by atoms with Gasteiger partial charge in [-0.3, -0.25) is 4.98 Å². The van der Waals surface area contributed by atoms with Crippen LogP contribution in [0.5, 0.6) is 0 Å². The Morgan fingerprint density at radius 1 is 1.00 bits per heavy atom. The van der Waals surface area contributed by atoms with Crippen LogP contribution in [0.1, 0.15) is 5.56 Å². The summed E-state index contributed by atoms with van der Waals surface area (Å²) in [4.78, 5) is 8.39. The molecular weight excluding hydrogens is 279 g/mol. The number of aromatic nitrogens is 2. The van der Waals surface area contributed by atoms with Gasteiger partial charge in [-0.25, -0.2) is 9.37 Å². The Morgan fingerprint density at radius 3 is 2.55 bits per heavy atom. The fraction of sp³-hybridized carbons (Fsp3) is 0.0588. The van der Waals surface area contributed by atoms with E-state index < -0.39 is 0 Å². The molecule has 0 saturated carbocycles. The lowest BCUT2D eigenvalue weighted by Gasteiger charge is -2.11. The van der Waals surface area contributed by atoms with Gasteiger partial charge in [0, 0.05) is 29.1 Å². The summed E-state index contributed by atoms with van der Waals surface area (Å²) in [6, 6.07) is 10.4. The molecule has 3 aromatic rings. The van der Waals surface area contributed by atoms with Crippen molar-refractivity contribution in [2.24, 2.45) is 0 Å². The van der Waals surface area contributed by atoms with E-state index in [-0.39, 0.29) is 11.6 Å². The fourth-order valence-electron chi connectivity index (χ4n) is 2.30. The summed E-state index contributed by atoms with van der Waals surface area (Å²) in [6.45, 7) is 1.84. The summed E-state index contributed by atoms with van der Waals surface area (Å²) in [5.41, 5.74) is 15.2. The zero-order valence-corrected chi connectivity index (χ0v) is 12.0. The van der Waals surface area contributed by atoms with Crippen molar-refractivity contribution in [3.8, 4) is 22.4 Å². The molecule has 4 N–H and O–H groups in total. The average molecular weight is 294 g/mol. The predicted octanol–water partition coefficient (Wildman–Crippen LogP) is 3.42. The minimum atomic E-state index is -0.309. The van der Waals surface area contributed by atoms with Crippen molar-refractivity contribution in [2.45, 2.75) is 6.92 Å². The molecule has 2 aromatic heterocycles. The maximum atomic E-state index is 14.3. The van der Waals surface area contributed by atoms with Crippen LogP contribution in [0.25, 0.3) is 22.4 Å². The Hall–Kier alpha value is -2.95. The molecule has 0 amide bonds. The number of aryl methyl sites for hydroxylation is 1. The van der Waals surface area contributed by atoms with Crippen LogP contribution in [0.4, 0.5) is 15.9 Å². The molecule has 0 aliphatic rings. The van der Waals surface area contributed by atoms with Gasteiger partial charge in [0.15, 0.2) is 0 Å². The van der Waals surface area contributed by atoms with Crippen LogP contribution >= 0.6 is 0 Å². The largest absolute Gasteiger partial charge is 0.396 e. The summed E-state index contributed by atoms with van der Waals surface area (Å²) < 4.78 is 14.3. The first-order valence-electron chi connectivity index (χ1n) is 6.79. The number of pyridine rings is 2. The van der Waals surface area contributed by atoms with E-state index in [0.717, 1.165) is 16.7 Å². The van der Waals surface area contributed by atoms with Crippen LogP contribution in [-0.4, -0.2) is 9.97 Å². The Kier molecular flexibility index (Phi) is 3.47. The Balaban J connectivity index is 2.20. The monoisotopic (exact) mass is 294 g/mol. The molecule has 0 bridgehead atoms. The predicted molar refractivity (Wildman–Crippen MR) is 86.4 cm³/mol. The highest BCUT2D eigenvalue weighted by molar-refractivity contribution is 5.82. The van der Waals surface area contributed by atoms with Crippen molar-refractivity contribution in [1.29, 1.82) is 0 Å². The number of rotatable bonds is 2. The number of nitrogen functional groups attached to an aromatic ring is 2. The van der Waals surface area contributed by atoms with Crippen LogP contribution < -0.4 is 11.5 Å². The zero-order chi connectivity index (χ0) is 15.7. The molecule has 110 valence electrons. The highest BCUT2D eigenvalue weighted by Gasteiger charge is 2.13. The quantitative estimate of drug-likeness (QED) is 0.759. The van der Waals surface area contributed by atoms with Crippen molar-refractivity contribution in [2.75, 3.05) is 11.5 Å². The number of halogens is 1. The van der Waals surface area contributed by atoms with Gasteiger partial charge in [-0.15, -0.1) is 0 Å².